The second kappa shape index (κ2) is 10.4. The van der Waals surface area contributed by atoms with Gasteiger partial charge in [0.1, 0.15) is 5.75 Å². The minimum Gasteiger partial charge on any atom is -0.497 e. The average Bonchev–Trinajstić information content (AvgIpc) is 2.77. The van der Waals surface area contributed by atoms with Crippen LogP contribution in [0.5, 0.6) is 5.75 Å². The summed E-state index contributed by atoms with van der Waals surface area (Å²) >= 11 is 0. The lowest BCUT2D eigenvalue weighted by molar-refractivity contribution is -0.137. The summed E-state index contributed by atoms with van der Waals surface area (Å²) in [5.74, 6) is 0.211. The molecule has 0 spiro atoms. The van der Waals surface area contributed by atoms with Crippen molar-refractivity contribution in [2.75, 3.05) is 20.2 Å². The van der Waals surface area contributed by atoms with E-state index in [1.807, 2.05) is 36.4 Å². The molecule has 0 aliphatic rings. The summed E-state index contributed by atoms with van der Waals surface area (Å²) in [6.07, 6.45) is 0.118. The fraction of sp³-hybridized carbons (Fsp3) is 0.240. The van der Waals surface area contributed by atoms with Crippen LogP contribution in [0.25, 0.3) is 0 Å². The summed E-state index contributed by atoms with van der Waals surface area (Å²) in [5.41, 5.74) is 3.60. The predicted octanol–water partition coefficient (Wildman–Crippen LogP) is 4.80. The molecule has 0 aromatic heterocycles. The van der Waals surface area contributed by atoms with Gasteiger partial charge in [0.15, 0.2) is 0 Å². The first-order chi connectivity index (χ1) is 14.2. The molecule has 4 nitrogen and oxygen atoms in total. The number of benzene rings is 3. The number of methoxy groups -OCH3 is 1. The summed E-state index contributed by atoms with van der Waals surface area (Å²) in [4.78, 5) is 13.4. The summed E-state index contributed by atoms with van der Waals surface area (Å²) in [6.45, 7) is 1.93. The summed E-state index contributed by atoms with van der Waals surface area (Å²) in [7, 11) is 1.65. The van der Waals surface area contributed by atoms with Gasteiger partial charge in [-0.2, -0.15) is 0 Å². The smallest absolute Gasteiger partial charge is 0.304 e. The van der Waals surface area contributed by atoms with Crippen LogP contribution in [-0.4, -0.2) is 36.2 Å². The van der Waals surface area contributed by atoms with Crippen molar-refractivity contribution in [1.29, 1.82) is 0 Å². The molecule has 0 radical (unpaired) electrons. The average molecular weight is 389 g/mol. The van der Waals surface area contributed by atoms with Gasteiger partial charge in [-0.25, -0.2) is 0 Å². The molecule has 0 unspecified atom stereocenters. The third-order valence-electron chi connectivity index (χ3n) is 5.05. The number of aliphatic carboxylic acids is 1. The van der Waals surface area contributed by atoms with E-state index >= 15 is 0 Å². The molecular formula is C25H27NO3. The fourth-order valence-corrected chi connectivity index (χ4v) is 3.51. The van der Waals surface area contributed by atoms with Crippen molar-refractivity contribution in [3.8, 4) is 5.75 Å². The van der Waals surface area contributed by atoms with Gasteiger partial charge < -0.3 is 9.84 Å². The first-order valence-corrected chi connectivity index (χ1v) is 9.82. The van der Waals surface area contributed by atoms with E-state index in [1.165, 1.54) is 11.1 Å². The molecule has 0 atom stereocenters. The Bertz CT molecular complexity index is 839. The van der Waals surface area contributed by atoms with Crippen molar-refractivity contribution in [2.24, 2.45) is 0 Å². The summed E-state index contributed by atoms with van der Waals surface area (Å²) in [6, 6.07) is 28.8. The van der Waals surface area contributed by atoms with Crippen molar-refractivity contribution < 1.29 is 14.6 Å². The topological polar surface area (TPSA) is 49.8 Å². The van der Waals surface area contributed by atoms with Gasteiger partial charge >= 0.3 is 5.97 Å². The quantitative estimate of drug-likeness (QED) is 0.541. The molecule has 150 valence electrons. The molecule has 0 fully saturated rings. The largest absolute Gasteiger partial charge is 0.497 e. The molecular weight excluding hydrogens is 362 g/mol. The Morgan fingerprint density at radius 1 is 0.897 bits per heavy atom. The van der Waals surface area contributed by atoms with E-state index in [-0.39, 0.29) is 12.3 Å². The third-order valence-corrected chi connectivity index (χ3v) is 5.05. The van der Waals surface area contributed by atoms with Crippen LogP contribution in [0.3, 0.4) is 0 Å². The van der Waals surface area contributed by atoms with Crippen LogP contribution < -0.4 is 4.74 Å². The van der Waals surface area contributed by atoms with Gasteiger partial charge in [0.25, 0.3) is 0 Å². The number of ether oxygens (including phenoxy) is 1. The molecule has 0 saturated heterocycles. The molecule has 0 aliphatic heterocycles. The third kappa shape index (κ3) is 6.19. The number of carboxylic acid groups (broad SMARTS) is 1. The number of hydrogen-bond donors (Lipinski definition) is 1. The highest BCUT2D eigenvalue weighted by Gasteiger charge is 2.19. The maximum absolute atomic E-state index is 11.2. The lowest BCUT2D eigenvalue weighted by Gasteiger charge is -2.28. The molecule has 0 bridgehead atoms. The highest BCUT2D eigenvalue weighted by atomic mass is 16.5. The summed E-state index contributed by atoms with van der Waals surface area (Å²) < 4.78 is 5.24. The molecule has 3 rings (SSSR count). The van der Waals surface area contributed by atoms with Crippen LogP contribution in [-0.2, 0) is 11.3 Å². The Hall–Kier alpha value is -3.11. The Morgan fingerprint density at radius 2 is 1.45 bits per heavy atom. The van der Waals surface area contributed by atoms with Gasteiger partial charge in [0.05, 0.1) is 13.5 Å². The molecule has 0 amide bonds. The van der Waals surface area contributed by atoms with Crippen LogP contribution in [0.1, 0.15) is 29.0 Å². The molecule has 3 aromatic rings. The van der Waals surface area contributed by atoms with Crippen LogP contribution in [0.2, 0.25) is 0 Å². The van der Waals surface area contributed by atoms with Crippen LogP contribution in [0.4, 0.5) is 0 Å². The maximum Gasteiger partial charge on any atom is 0.304 e. The highest BCUT2D eigenvalue weighted by Crippen LogP contribution is 2.26. The van der Waals surface area contributed by atoms with Crippen LogP contribution in [0, 0.1) is 0 Å². The standard InChI is InChI=1S/C25H27NO3/c1-29-23-14-12-20(13-15-23)18-26(17-16-25(27)28)19-24(21-8-4-2-5-9-21)22-10-6-3-7-11-22/h2-15,24H,16-19H2,1H3,(H,27,28). The fourth-order valence-electron chi connectivity index (χ4n) is 3.51. The SMILES string of the molecule is COc1ccc(CN(CCC(=O)O)CC(c2ccccc2)c2ccccc2)cc1. The molecule has 1 N–H and O–H groups in total. The van der Waals surface area contributed by atoms with Gasteiger partial charge in [0.2, 0.25) is 0 Å². The minimum atomic E-state index is -0.777. The zero-order valence-electron chi connectivity index (χ0n) is 16.7. The van der Waals surface area contributed by atoms with Crippen molar-refractivity contribution in [3.63, 3.8) is 0 Å². The molecule has 4 heteroatoms. The second-order valence-corrected chi connectivity index (χ2v) is 7.10. The van der Waals surface area contributed by atoms with E-state index in [2.05, 4.69) is 53.4 Å². The number of hydrogen-bond acceptors (Lipinski definition) is 3. The Labute approximate surface area is 172 Å². The number of rotatable bonds is 10. The van der Waals surface area contributed by atoms with Crippen molar-refractivity contribution in [1.82, 2.24) is 4.90 Å². The van der Waals surface area contributed by atoms with Crippen molar-refractivity contribution >= 4 is 5.97 Å². The Morgan fingerprint density at radius 3 is 1.93 bits per heavy atom. The van der Waals surface area contributed by atoms with E-state index in [0.717, 1.165) is 17.9 Å². The molecule has 3 aromatic carbocycles. The number of carboxylic acids is 1. The zero-order valence-corrected chi connectivity index (χ0v) is 16.7. The first kappa shape index (κ1) is 20.6. The van der Waals surface area contributed by atoms with Crippen LogP contribution >= 0.6 is 0 Å². The van der Waals surface area contributed by atoms with Gasteiger partial charge in [-0.05, 0) is 28.8 Å². The lowest BCUT2D eigenvalue weighted by atomic mass is 9.90. The Balaban J connectivity index is 1.84. The predicted molar refractivity (Wildman–Crippen MR) is 115 cm³/mol. The number of nitrogens with zero attached hydrogens (tertiary/aromatic N) is 1. The van der Waals surface area contributed by atoms with E-state index in [0.29, 0.717) is 13.1 Å². The second-order valence-electron chi connectivity index (χ2n) is 7.10. The van der Waals surface area contributed by atoms with Gasteiger partial charge in [-0.1, -0.05) is 72.8 Å². The van der Waals surface area contributed by atoms with Gasteiger partial charge in [-0.15, -0.1) is 0 Å². The van der Waals surface area contributed by atoms with Gasteiger partial charge in [0, 0.05) is 25.6 Å². The van der Waals surface area contributed by atoms with E-state index in [9.17, 15) is 9.90 Å². The highest BCUT2D eigenvalue weighted by molar-refractivity contribution is 5.66. The maximum atomic E-state index is 11.2. The minimum absolute atomic E-state index is 0.118. The van der Waals surface area contributed by atoms with E-state index in [4.69, 9.17) is 4.74 Å². The molecule has 0 saturated carbocycles. The lowest BCUT2D eigenvalue weighted by Crippen LogP contribution is -2.31. The van der Waals surface area contributed by atoms with E-state index < -0.39 is 5.97 Å². The Kier molecular flexibility index (Phi) is 7.42. The van der Waals surface area contributed by atoms with Crippen LogP contribution in [0.15, 0.2) is 84.9 Å². The van der Waals surface area contributed by atoms with Crippen molar-refractivity contribution in [2.45, 2.75) is 18.9 Å². The monoisotopic (exact) mass is 389 g/mol. The van der Waals surface area contributed by atoms with Gasteiger partial charge in [-0.3, -0.25) is 9.69 Å². The normalized spacial score (nSPS) is 11.0. The molecule has 29 heavy (non-hydrogen) atoms. The molecule has 0 heterocycles. The number of carbonyl (C=O) groups is 1. The summed E-state index contributed by atoms with van der Waals surface area (Å²) in [5, 5.41) is 9.22. The first-order valence-electron chi connectivity index (χ1n) is 9.82. The molecule has 0 aliphatic carbocycles. The van der Waals surface area contributed by atoms with E-state index in [1.54, 1.807) is 7.11 Å². The zero-order chi connectivity index (χ0) is 20.5. The van der Waals surface area contributed by atoms with Crippen molar-refractivity contribution in [3.05, 3.63) is 102 Å².